The van der Waals surface area contributed by atoms with Crippen LogP contribution in [0.2, 0.25) is 0 Å². The molecule has 3 rings (SSSR count). The normalized spacial score (nSPS) is 14.5. The smallest absolute Gasteiger partial charge is 0.243 e. The molecule has 0 spiro atoms. The molecule has 2 aromatic carbocycles. The zero-order chi connectivity index (χ0) is 24.0. The number of amides is 1. The number of carbonyl (C=O) groups is 1. The third-order valence-electron chi connectivity index (χ3n) is 5.80. The second-order valence-electron chi connectivity index (χ2n) is 8.02. The molecule has 1 saturated heterocycles. The first-order chi connectivity index (χ1) is 15.8. The standard InChI is InChI=1S/C24H32N2O6S/c1-17-8-10-19(33(28,29)26-12-6-5-7-13-26)16-20(17)25-23(27)11-9-18-14-21(30-2)24(32-4)22(15-18)31-3/h8,10,14-16H,5-7,9,11-13H2,1-4H3,(H,25,27). The highest BCUT2D eigenvalue weighted by Crippen LogP contribution is 2.38. The number of benzene rings is 2. The summed E-state index contributed by atoms with van der Waals surface area (Å²) in [7, 11) is 1.05. The summed E-state index contributed by atoms with van der Waals surface area (Å²) in [5.41, 5.74) is 2.16. The quantitative estimate of drug-likeness (QED) is 0.592. The van der Waals surface area contributed by atoms with Crippen molar-refractivity contribution in [3.63, 3.8) is 0 Å². The van der Waals surface area contributed by atoms with Gasteiger partial charge >= 0.3 is 0 Å². The van der Waals surface area contributed by atoms with Crippen LogP contribution in [-0.4, -0.2) is 53.0 Å². The van der Waals surface area contributed by atoms with Gasteiger partial charge in [-0.3, -0.25) is 4.79 Å². The minimum absolute atomic E-state index is 0.204. The Kier molecular flexibility index (Phi) is 8.20. The molecule has 0 radical (unpaired) electrons. The van der Waals surface area contributed by atoms with Gasteiger partial charge < -0.3 is 19.5 Å². The predicted octanol–water partition coefficient (Wildman–Crippen LogP) is 3.77. The summed E-state index contributed by atoms with van der Waals surface area (Å²) in [5, 5.41) is 2.87. The third-order valence-corrected chi connectivity index (χ3v) is 7.70. The van der Waals surface area contributed by atoms with Crippen molar-refractivity contribution in [2.45, 2.75) is 43.9 Å². The summed E-state index contributed by atoms with van der Waals surface area (Å²) in [4.78, 5) is 12.9. The monoisotopic (exact) mass is 476 g/mol. The van der Waals surface area contributed by atoms with Crippen LogP contribution in [0.3, 0.4) is 0 Å². The fraction of sp³-hybridized carbons (Fsp3) is 0.458. The molecule has 0 aromatic heterocycles. The Labute approximate surface area is 195 Å². The molecule has 0 atom stereocenters. The molecular weight excluding hydrogens is 444 g/mol. The molecule has 0 aliphatic carbocycles. The number of methoxy groups -OCH3 is 3. The van der Waals surface area contributed by atoms with Gasteiger partial charge in [0.2, 0.25) is 21.7 Å². The highest BCUT2D eigenvalue weighted by molar-refractivity contribution is 7.89. The van der Waals surface area contributed by atoms with Gasteiger partial charge in [-0.25, -0.2) is 8.42 Å². The maximum atomic E-state index is 13.0. The van der Waals surface area contributed by atoms with E-state index in [1.807, 2.05) is 19.1 Å². The highest BCUT2D eigenvalue weighted by Gasteiger charge is 2.26. The summed E-state index contributed by atoms with van der Waals surface area (Å²) in [6.07, 6.45) is 3.45. The SMILES string of the molecule is COc1cc(CCC(=O)Nc2cc(S(=O)(=O)N3CCCCC3)ccc2C)cc(OC)c1OC. The average Bonchev–Trinajstić information content (AvgIpc) is 2.83. The predicted molar refractivity (Wildman–Crippen MR) is 127 cm³/mol. The van der Waals surface area contributed by atoms with E-state index in [1.165, 1.54) is 11.4 Å². The maximum Gasteiger partial charge on any atom is 0.243 e. The van der Waals surface area contributed by atoms with Crippen molar-refractivity contribution in [2.75, 3.05) is 39.7 Å². The van der Waals surface area contributed by atoms with E-state index in [0.29, 0.717) is 42.4 Å². The number of nitrogens with one attached hydrogen (secondary N) is 1. The number of hydrogen-bond acceptors (Lipinski definition) is 6. The van der Waals surface area contributed by atoms with Crippen LogP contribution in [0, 0.1) is 6.92 Å². The lowest BCUT2D eigenvalue weighted by Gasteiger charge is -2.26. The van der Waals surface area contributed by atoms with Crippen molar-refractivity contribution < 1.29 is 27.4 Å². The van der Waals surface area contributed by atoms with Crippen LogP contribution in [0.5, 0.6) is 17.2 Å². The van der Waals surface area contributed by atoms with Gasteiger partial charge in [0, 0.05) is 25.2 Å². The Morgan fingerprint density at radius 2 is 1.61 bits per heavy atom. The van der Waals surface area contributed by atoms with E-state index < -0.39 is 10.0 Å². The van der Waals surface area contributed by atoms with Crippen LogP contribution in [0.4, 0.5) is 5.69 Å². The number of sulfonamides is 1. The Morgan fingerprint density at radius 3 is 2.18 bits per heavy atom. The number of nitrogens with zero attached hydrogens (tertiary/aromatic N) is 1. The second-order valence-corrected chi connectivity index (χ2v) is 9.96. The lowest BCUT2D eigenvalue weighted by molar-refractivity contribution is -0.116. The summed E-state index contributed by atoms with van der Waals surface area (Å²) < 4.78 is 43.6. The minimum Gasteiger partial charge on any atom is -0.493 e. The van der Waals surface area contributed by atoms with E-state index in [9.17, 15) is 13.2 Å². The van der Waals surface area contributed by atoms with Crippen molar-refractivity contribution in [1.82, 2.24) is 4.31 Å². The number of piperidine rings is 1. The lowest BCUT2D eigenvalue weighted by atomic mass is 10.1. The molecule has 1 N–H and O–H groups in total. The van der Waals surface area contributed by atoms with E-state index in [0.717, 1.165) is 30.4 Å². The van der Waals surface area contributed by atoms with Gasteiger partial charge in [-0.1, -0.05) is 12.5 Å². The van der Waals surface area contributed by atoms with Crippen LogP contribution >= 0.6 is 0 Å². The van der Waals surface area contributed by atoms with E-state index >= 15 is 0 Å². The number of rotatable bonds is 9. The van der Waals surface area contributed by atoms with Crippen LogP contribution in [0.15, 0.2) is 35.2 Å². The van der Waals surface area contributed by atoms with Crippen molar-refractivity contribution in [3.8, 4) is 17.2 Å². The average molecular weight is 477 g/mol. The van der Waals surface area contributed by atoms with Gasteiger partial charge in [0.1, 0.15) is 0 Å². The van der Waals surface area contributed by atoms with Crippen LogP contribution in [0.1, 0.15) is 36.8 Å². The molecule has 2 aromatic rings. The first kappa shape index (κ1) is 24.9. The Morgan fingerprint density at radius 1 is 0.970 bits per heavy atom. The third kappa shape index (κ3) is 5.78. The molecule has 1 aliphatic heterocycles. The summed E-state index contributed by atoms with van der Waals surface area (Å²) in [5.74, 6) is 1.34. The summed E-state index contributed by atoms with van der Waals surface area (Å²) in [6, 6.07) is 8.50. The van der Waals surface area contributed by atoms with Crippen LogP contribution < -0.4 is 19.5 Å². The van der Waals surface area contributed by atoms with Crippen molar-refractivity contribution in [2.24, 2.45) is 0 Å². The second kappa shape index (κ2) is 10.9. The van der Waals surface area contributed by atoms with Gasteiger partial charge in [0.15, 0.2) is 11.5 Å². The molecule has 0 saturated carbocycles. The van der Waals surface area contributed by atoms with Gasteiger partial charge in [0.05, 0.1) is 26.2 Å². The van der Waals surface area contributed by atoms with E-state index in [-0.39, 0.29) is 17.2 Å². The molecule has 1 heterocycles. The largest absolute Gasteiger partial charge is 0.493 e. The number of ether oxygens (including phenoxy) is 3. The molecule has 0 unspecified atom stereocenters. The molecule has 9 heteroatoms. The van der Waals surface area contributed by atoms with E-state index in [2.05, 4.69) is 5.32 Å². The Hall–Kier alpha value is -2.78. The molecule has 180 valence electrons. The van der Waals surface area contributed by atoms with Crippen LogP contribution in [0.25, 0.3) is 0 Å². The Bertz CT molecular complexity index is 1070. The Balaban J connectivity index is 1.71. The lowest BCUT2D eigenvalue weighted by Crippen LogP contribution is -2.35. The zero-order valence-electron chi connectivity index (χ0n) is 19.6. The van der Waals surface area contributed by atoms with Gasteiger partial charge in [0.25, 0.3) is 0 Å². The number of anilines is 1. The molecule has 33 heavy (non-hydrogen) atoms. The molecule has 8 nitrogen and oxygen atoms in total. The van der Waals surface area contributed by atoms with E-state index in [1.54, 1.807) is 32.4 Å². The topological polar surface area (TPSA) is 94.2 Å². The van der Waals surface area contributed by atoms with Crippen molar-refractivity contribution in [3.05, 3.63) is 41.5 Å². The molecule has 0 bridgehead atoms. The zero-order valence-corrected chi connectivity index (χ0v) is 20.5. The number of carbonyl (C=O) groups excluding carboxylic acids is 1. The first-order valence-electron chi connectivity index (χ1n) is 11.0. The van der Waals surface area contributed by atoms with Gasteiger partial charge in [-0.05, 0) is 61.6 Å². The summed E-state index contributed by atoms with van der Waals surface area (Å²) >= 11 is 0. The highest BCUT2D eigenvalue weighted by atomic mass is 32.2. The van der Waals surface area contributed by atoms with Crippen LogP contribution in [-0.2, 0) is 21.2 Å². The number of hydrogen-bond donors (Lipinski definition) is 1. The fourth-order valence-corrected chi connectivity index (χ4v) is 5.44. The van der Waals surface area contributed by atoms with Crippen molar-refractivity contribution in [1.29, 1.82) is 0 Å². The van der Waals surface area contributed by atoms with Crippen molar-refractivity contribution >= 4 is 21.6 Å². The summed E-state index contributed by atoms with van der Waals surface area (Å²) in [6.45, 7) is 2.91. The van der Waals surface area contributed by atoms with Gasteiger partial charge in [-0.15, -0.1) is 0 Å². The molecule has 1 amide bonds. The molecule has 1 aliphatic rings. The fourth-order valence-electron chi connectivity index (χ4n) is 3.90. The molecular formula is C24H32N2O6S. The molecule has 1 fully saturated rings. The van der Waals surface area contributed by atoms with E-state index in [4.69, 9.17) is 14.2 Å². The number of aryl methyl sites for hydroxylation is 2. The minimum atomic E-state index is -3.57. The maximum absolute atomic E-state index is 13.0. The van der Waals surface area contributed by atoms with Gasteiger partial charge in [-0.2, -0.15) is 4.31 Å². The first-order valence-corrected chi connectivity index (χ1v) is 12.4.